The van der Waals surface area contributed by atoms with E-state index in [9.17, 15) is 8.42 Å². The number of hydrogen-bond donors (Lipinski definition) is 0. The van der Waals surface area contributed by atoms with Crippen LogP contribution in [0.2, 0.25) is 5.02 Å². The van der Waals surface area contributed by atoms with E-state index in [1.165, 1.54) is 22.5 Å². The van der Waals surface area contributed by atoms with Gasteiger partial charge in [-0.05, 0) is 32.0 Å². The van der Waals surface area contributed by atoms with E-state index in [-0.39, 0.29) is 27.6 Å². The van der Waals surface area contributed by atoms with Crippen LogP contribution in [0.3, 0.4) is 0 Å². The molecular formula is C13H15ClN2O3S. The van der Waals surface area contributed by atoms with Crippen LogP contribution >= 0.6 is 11.6 Å². The van der Waals surface area contributed by atoms with E-state index in [1.54, 1.807) is 6.92 Å². The van der Waals surface area contributed by atoms with Gasteiger partial charge in [-0.25, -0.2) is 8.42 Å². The van der Waals surface area contributed by atoms with Gasteiger partial charge in [0.15, 0.2) is 0 Å². The first-order valence-corrected chi connectivity index (χ1v) is 8.01. The van der Waals surface area contributed by atoms with Crippen molar-refractivity contribution >= 4 is 21.6 Å². The Hall–Kier alpha value is -1.13. The molecule has 2 atom stereocenters. The zero-order valence-electron chi connectivity index (χ0n) is 11.2. The highest BCUT2D eigenvalue weighted by atomic mass is 35.5. The second kappa shape index (κ2) is 5.70. The summed E-state index contributed by atoms with van der Waals surface area (Å²) in [7, 11) is -3.65. The molecule has 1 aliphatic rings. The van der Waals surface area contributed by atoms with Crippen molar-refractivity contribution in [2.45, 2.75) is 30.9 Å². The van der Waals surface area contributed by atoms with Crippen molar-refractivity contribution < 1.29 is 13.2 Å². The van der Waals surface area contributed by atoms with Gasteiger partial charge in [-0.3, -0.25) is 0 Å². The van der Waals surface area contributed by atoms with Crippen molar-refractivity contribution in [2.24, 2.45) is 0 Å². The van der Waals surface area contributed by atoms with Gasteiger partial charge in [0.2, 0.25) is 10.0 Å². The summed E-state index contributed by atoms with van der Waals surface area (Å²) in [4.78, 5) is 0.0828. The first-order chi connectivity index (χ1) is 9.36. The van der Waals surface area contributed by atoms with E-state index in [0.29, 0.717) is 13.2 Å². The quantitative estimate of drug-likeness (QED) is 0.837. The lowest BCUT2D eigenvalue weighted by molar-refractivity contribution is -0.0170. The van der Waals surface area contributed by atoms with Gasteiger partial charge < -0.3 is 4.74 Å². The Kier molecular flexibility index (Phi) is 4.35. The molecule has 2 rings (SSSR count). The van der Waals surface area contributed by atoms with Crippen LogP contribution in [-0.4, -0.2) is 38.0 Å². The minimum Gasteiger partial charge on any atom is -0.375 e. The summed E-state index contributed by atoms with van der Waals surface area (Å²) in [5.74, 6) is 0. The summed E-state index contributed by atoms with van der Waals surface area (Å²) >= 11 is 5.83. The number of sulfonamides is 1. The van der Waals surface area contributed by atoms with E-state index < -0.39 is 10.0 Å². The summed E-state index contributed by atoms with van der Waals surface area (Å²) in [6, 6.07) is 5.82. The van der Waals surface area contributed by atoms with Gasteiger partial charge in [0.25, 0.3) is 0 Å². The number of benzene rings is 1. The highest BCUT2D eigenvalue weighted by Gasteiger charge is 2.34. The Morgan fingerprint density at radius 3 is 2.80 bits per heavy atom. The summed E-state index contributed by atoms with van der Waals surface area (Å²) in [5.41, 5.74) is 0.154. The predicted molar refractivity (Wildman–Crippen MR) is 74.9 cm³/mol. The molecule has 0 bridgehead atoms. The fourth-order valence-electron chi connectivity index (χ4n) is 2.09. The zero-order chi connectivity index (χ0) is 14.9. The maximum atomic E-state index is 12.6. The van der Waals surface area contributed by atoms with Gasteiger partial charge >= 0.3 is 0 Å². The number of nitrogens with zero attached hydrogens (tertiary/aromatic N) is 2. The lowest BCUT2D eigenvalue weighted by atomic mass is 10.2. The Labute approximate surface area is 123 Å². The van der Waals surface area contributed by atoms with Crippen LogP contribution in [0, 0.1) is 11.3 Å². The second-order valence-corrected chi connectivity index (χ2v) is 7.12. The average Bonchev–Trinajstić information content (AvgIpc) is 2.41. The van der Waals surface area contributed by atoms with Crippen LogP contribution < -0.4 is 0 Å². The molecule has 108 valence electrons. The largest absolute Gasteiger partial charge is 0.375 e. The first kappa shape index (κ1) is 15.3. The van der Waals surface area contributed by atoms with Gasteiger partial charge in [0, 0.05) is 12.6 Å². The number of hydrogen-bond acceptors (Lipinski definition) is 4. The first-order valence-electron chi connectivity index (χ1n) is 6.19. The molecule has 7 heteroatoms. The number of ether oxygens (including phenoxy) is 1. The molecule has 0 saturated carbocycles. The Morgan fingerprint density at radius 1 is 1.45 bits per heavy atom. The van der Waals surface area contributed by atoms with Crippen molar-refractivity contribution in [3.05, 3.63) is 28.8 Å². The van der Waals surface area contributed by atoms with Crippen molar-refractivity contribution in [2.75, 3.05) is 13.2 Å². The zero-order valence-corrected chi connectivity index (χ0v) is 12.8. The highest BCUT2D eigenvalue weighted by molar-refractivity contribution is 7.89. The van der Waals surface area contributed by atoms with Crippen LogP contribution in [0.25, 0.3) is 0 Å². The molecule has 0 N–H and O–H groups in total. The van der Waals surface area contributed by atoms with Crippen LogP contribution in [0.5, 0.6) is 0 Å². The van der Waals surface area contributed by atoms with E-state index in [1.807, 2.05) is 13.0 Å². The van der Waals surface area contributed by atoms with Gasteiger partial charge in [0.1, 0.15) is 6.07 Å². The Balaban J connectivity index is 2.42. The molecule has 1 aromatic carbocycles. The Bertz CT molecular complexity index is 654. The lowest BCUT2D eigenvalue weighted by Gasteiger charge is -2.35. The predicted octanol–water partition coefficient (Wildman–Crippen LogP) is 2.01. The van der Waals surface area contributed by atoms with Gasteiger partial charge in [-0.15, -0.1) is 0 Å². The molecule has 1 heterocycles. The monoisotopic (exact) mass is 314 g/mol. The fourth-order valence-corrected chi connectivity index (χ4v) is 3.97. The molecule has 1 fully saturated rings. The van der Waals surface area contributed by atoms with E-state index in [2.05, 4.69) is 0 Å². The third-order valence-electron chi connectivity index (χ3n) is 3.22. The summed E-state index contributed by atoms with van der Waals surface area (Å²) < 4.78 is 32.1. The third kappa shape index (κ3) is 2.81. The third-order valence-corrected chi connectivity index (χ3v) is 5.52. The van der Waals surface area contributed by atoms with Crippen LogP contribution in [-0.2, 0) is 14.8 Å². The molecule has 5 nitrogen and oxygen atoms in total. The Morgan fingerprint density at radius 2 is 2.15 bits per heavy atom. The minimum absolute atomic E-state index is 0.0828. The van der Waals surface area contributed by atoms with Crippen molar-refractivity contribution in [3.8, 4) is 6.07 Å². The van der Waals surface area contributed by atoms with Crippen molar-refractivity contribution in [1.82, 2.24) is 4.31 Å². The standard InChI is InChI=1S/C13H15ClN2O3S/c1-9-8-19-10(2)7-16(9)20(17,18)12-3-4-13(14)11(5-12)6-15/h3-5,9-10H,7-8H2,1-2H3. The number of halogens is 1. The van der Waals surface area contributed by atoms with Crippen LogP contribution in [0.1, 0.15) is 19.4 Å². The highest BCUT2D eigenvalue weighted by Crippen LogP contribution is 2.25. The fraction of sp³-hybridized carbons (Fsp3) is 0.462. The lowest BCUT2D eigenvalue weighted by Crippen LogP contribution is -2.50. The van der Waals surface area contributed by atoms with E-state index in [4.69, 9.17) is 21.6 Å². The van der Waals surface area contributed by atoms with Crippen LogP contribution in [0.15, 0.2) is 23.1 Å². The number of morpholine rings is 1. The van der Waals surface area contributed by atoms with E-state index in [0.717, 1.165) is 0 Å². The molecule has 1 saturated heterocycles. The van der Waals surface area contributed by atoms with Gasteiger partial charge in [-0.2, -0.15) is 9.57 Å². The SMILES string of the molecule is CC1CN(S(=O)(=O)c2ccc(Cl)c(C#N)c2)C(C)CO1. The maximum Gasteiger partial charge on any atom is 0.243 e. The smallest absolute Gasteiger partial charge is 0.243 e. The maximum absolute atomic E-state index is 12.6. The minimum atomic E-state index is -3.65. The van der Waals surface area contributed by atoms with Gasteiger partial charge in [0.05, 0.1) is 28.2 Å². The number of nitriles is 1. The summed E-state index contributed by atoms with van der Waals surface area (Å²) in [6.45, 7) is 4.29. The van der Waals surface area contributed by atoms with Crippen molar-refractivity contribution in [3.63, 3.8) is 0 Å². The van der Waals surface area contributed by atoms with E-state index >= 15 is 0 Å². The molecule has 2 unspecified atom stereocenters. The molecule has 20 heavy (non-hydrogen) atoms. The molecule has 0 aliphatic carbocycles. The van der Waals surface area contributed by atoms with Crippen LogP contribution in [0.4, 0.5) is 0 Å². The molecule has 0 amide bonds. The average molecular weight is 315 g/mol. The number of rotatable bonds is 2. The molecule has 0 aromatic heterocycles. The summed E-state index contributed by atoms with van der Waals surface area (Å²) in [6.07, 6.45) is -0.149. The van der Waals surface area contributed by atoms with Crippen molar-refractivity contribution in [1.29, 1.82) is 5.26 Å². The molecule has 1 aliphatic heterocycles. The molecule has 0 spiro atoms. The molecular weight excluding hydrogens is 300 g/mol. The second-order valence-electron chi connectivity index (χ2n) is 4.82. The molecule has 1 aromatic rings. The topological polar surface area (TPSA) is 70.4 Å². The normalized spacial score (nSPS) is 24.3. The van der Waals surface area contributed by atoms with Gasteiger partial charge in [-0.1, -0.05) is 11.6 Å². The summed E-state index contributed by atoms with van der Waals surface area (Å²) in [5, 5.41) is 9.20. The molecule has 0 radical (unpaired) electrons.